The van der Waals surface area contributed by atoms with Gasteiger partial charge in [0.25, 0.3) is 11.6 Å². The summed E-state index contributed by atoms with van der Waals surface area (Å²) in [5, 5.41) is 13.7. The van der Waals surface area contributed by atoms with Gasteiger partial charge < -0.3 is 14.5 Å². The third kappa shape index (κ3) is 5.52. The van der Waals surface area contributed by atoms with Gasteiger partial charge in [0.05, 0.1) is 22.7 Å². The van der Waals surface area contributed by atoms with Crippen LogP contribution in [-0.4, -0.2) is 25.5 Å². The van der Waals surface area contributed by atoms with Crippen LogP contribution in [0.25, 0.3) is 0 Å². The molecule has 2 aromatic carbocycles. The van der Waals surface area contributed by atoms with Gasteiger partial charge in [-0.1, -0.05) is 12.1 Å². The molecule has 156 valence electrons. The fourth-order valence-electron chi connectivity index (χ4n) is 2.64. The van der Waals surface area contributed by atoms with E-state index in [9.17, 15) is 23.3 Å². The Kier molecular flexibility index (Phi) is 6.28. The minimum absolute atomic E-state index is 0.135. The second kappa shape index (κ2) is 8.89. The number of non-ortho nitro benzene ring substituents is 1. The molecule has 0 spiro atoms. The first-order valence-electron chi connectivity index (χ1n) is 8.72. The number of sulfone groups is 1. The molecule has 0 unspecified atom stereocenters. The SMILES string of the molecule is CS(=O)(=O)c1cc(C(=O)Nc2cccc(COCc3ccco3)c2)cc([N+](=O)[O-])c1. The monoisotopic (exact) mass is 430 g/mol. The number of amides is 1. The van der Waals surface area contributed by atoms with Crippen molar-refractivity contribution in [1.82, 2.24) is 0 Å². The van der Waals surface area contributed by atoms with Gasteiger partial charge in [-0.15, -0.1) is 0 Å². The van der Waals surface area contributed by atoms with Gasteiger partial charge in [0.2, 0.25) is 0 Å². The van der Waals surface area contributed by atoms with Gasteiger partial charge in [-0.3, -0.25) is 14.9 Å². The van der Waals surface area contributed by atoms with E-state index in [0.29, 0.717) is 18.1 Å². The Morgan fingerprint density at radius 3 is 2.60 bits per heavy atom. The standard InChI is InChI=1S/C20H18N2O7S/c1-30(26,27)19-10-15(9-17(11-19)22(24)25)20(23)21-16-5-2-4-14(8-16)12-28-13-18-6-3-7-29-18/h2-11H,12-13H2,1H3,(H,21,23). The summed E-state index contributed by atoms with van der Waals surface area (Å²) in [6, 6.07) is 13.5. The molecule has 1 amide bonds. The first-order chi connectivity index (χ1) is 14.2. The van der Waals surface area contributed by atoms with Crippen LogP contribution in [0.2, 0.25) is 0 Å². The van der Waals surface area contributed by atoms with Crippen LogP contribution in [0.15, 0.2) is 70.2 Å². The molecule has 0 fully saturated rings. The van der Waals surface area contributed by atoms with Gasteiger partial charge in [0, 0.05) is 29.6 Å². The number of nitrogens with zero attached hydrogens (tertiary/aromatic N) is 1. The van der Waals surface area contributed by atoms with Crippen molar-refractivity contribution in [3.05, 3.63) is 87.9 Å². The maximum absolute atomic E-state index is 12.6. The van der Waals surface area contributed by atoms with Gasteiger partial charge in [-0.05, 0) is 35.9 Å². The van der Waals surface area contributed by atoms with Crippen molar-refractivity contribution in [1.29, 1.82) is 0 Å². The second-order valence-electron chi connectivity index (χ2n) is 6.47. The molecule has 0 atom stereocenters. The van der Waals surface area contributed by atoms with E-state index in [1.54, 1.807) is 36.6 Å². The molecule has 0 radical (unpaired) electrons. The first-order valence-corrected chi connectivity index (χ1v) is 10.6. The van der Waals surface area contributed by atoms with E-state index in [-0.39, 0.29) is 17.1 Å². The minimum Gasteiger partial charge on any atom is -0.467 e. The van der Waals surface area contributed by atoms with Gasteiger partial charge >= 0.3 is 0 Å². The van der Waals surface area contributed by atoms with Crippen molar-refractivity contribution in [2.45, 2.75) is 18.1 Å². The minimum atomic E-state index is -3.73. The summed E-state index contributed by atoms with van der Waals surface area (Å²) in [4.78, 5) is 22.6. The lowest BCUT2D eigenvalue weighted by Gasteiger charge is -2.09. The predicted molar refractivity (Wildman–Crippen MR) is 108 cm³/mol. The number of nitro benzene ring substituents is 1. The first kappa shape index (κ1) is 21.2. The van der Waals surface area contributed by atoms with Crippen LogP contribution in [0.1, 0.15) is 21.7 Å². The number of ether oxygens (including phenoxy) is 1. The molecule has 1 aromatic heterocycles. The number of furan rings is 1. The molecule has 10 heteroatoms. The van der Waals surface area contributed by atoms with Crippen molar-refractivity contribution >= 4 is 27.1 Å². The van der Waals surface area contributed by atoms with Crippen LogP contribution in [0.5, 0.6) is 0 Å². The third-order valence-electron chi connectivity index (χ3n) is 4.07. The Bertz CT molecular complexity index is 1170. The van der Waals surface area contributed by atoms with E-state index in [1.807, 2.05) is 6.07 Å². The third-order valence-corrected chi connectivity index (χ3v) is 5.16. The summed E-state index contributed by atoms with van der Waals surface area (Å²) in [7, 11) is -3.73. The number of nitro groups is 1. The molecular formula is C20H18N2O7S. The van der Waals surface area contributed by atoms with Crippen LogP contribution in [-0.2, 0) is 27.8 Å². The lowest BCUT2D eigenvalue weighted by molar-refractivity contribution is -0.385. The van der Waals surface area contributed by atoms with Crippen molar-refractivity contribution in [3.63, 3.8) is 0 Å². The molecular weight excluding hydrogens is 412 g/mol. The highest BCUT2D eigenvalue weighted by Crippen LogP contribution is 2.22. The van der Waals surface area contributed by atoms with E-state index in [0.717, 1.165) is 30.0 Å². The molecule has 3 rings (SSSR count). The van der Waals surface area contributed by atoms with Gasteiger partial charge in [-0.25, -0.2) is 8.42 Å². The van der Waals surface area contributed by atoms with Crippen LogP contribution in [0, 0.1) is 10.1 Å². The highest BCUT2D eigenvalue weighted by Gasteiger charge is 2.19. The topological polar surface area (TPSA) is 129 Å². The highest BCUT2D eigenvalue weighted by atomic mass is 32.2. The van der Waals surface area contributed by atoms with Crippen molar-refractivity contribution in [2.75, 3.05) is 11.6 Å². The van der Waals surface area contributed by atoms with Crippen LogP contribution in [0.4, 0.5) is 11.4 Å². The summed E-state index contributed by atoms with van der Waals surface area (Å²) in [6.45, 7) is 0.574. The maximum atomic E-state index is 12.6. The zero-order valence-corrected chi connectivity index (χ0v) is 16.7. The lowest BCUT2D eigenvalue weighted by Crippen LogP contribution is -2.13. The molecule has 0 aliphatic carbocycles. The number of carbonyl (C=O) groups is 1. The molecule has 0 aliphatic rings. The number of hydrogen-bond acceptors (Lipinski definition) is 7. The summed E-state index contributed by atoms with van der Waals surface area (Å²) < 4.78 is 34.3. The molecule has 0 saturated carbocycles. The zero-order valence-electron chi connectivity index (χ0n) is 15.9. The molecule has 30 heavy (non-hydrogen) atoms. The average Bonchev–Trinajstić information content (AvgIpc) is 3.20. The van der Waals surface area contributed by atoms with E-state index in [4.69, 9.17) is 9.15 Å². The average molecular weight is 430 g/mol. The normalized spacial score (nSPS) is 11.2. The van der Waals surface area contributed by atoms with Gasteiger partial charge in [0.15, 0.2) is 9.84 Å². The Morgan fingerprint density at radius 1 is 1.13 bits per heavy atom. The van der Waals surface area contributed by atoms with Crippen LogP contribution >= 0.6 is 0 Å². The molecule has 0 saturated heterocycles. The Balaban J connectivity index is 1.74. The summed E-state index contributed by atoms with van der Waals surface area (Å²) in [5.74, 6) is 0.0177. The number of rotatable bonds is 8. The maximum Gasteiger partial charge on any atom is 0.271 e. The molecule has 0 bridgehead atoms. The number of anilines is 1. The van der Waals surface area contributed by atoms with E-state index in [1.165, 1.54) is 0 Å². The largest absolute Gasteiger partial charge is 0.467 e. The Labute approximate surface area is 172 Å². The summed E-state index contributed by atoms with van der Waals surface area (Å²) >= 11 is 0. The number of hydrogen-bond donors (Lipinski definition) is 1. The predicted octanol–water partition coefficient (Wildman–Crippen LogP) is 3.56. The van der Waals surface area contributed by atoms with Gasteiger partial charge in [0.1, 0.15) is 12.4 Å². The molecule has 9 nitrogen and oxygen atoms in total. The quantitative estimate of drug-likeness (QED) is 0.427. The zero-order chi connectivity index (χ0) is 21.7. The Morgan fingerprint density at radius 2 is 1.93 bits per heavy atom. The molecule has 3 aromatic rings. The van der Waals surface area contributed by atoms with E-state index < -0.39 is 26.4 Å². The Hall–Kier alpha value is -3.50. The molecule has 1 N–H and O–H groups in total. The summed E-state index contributed by atoms with van der Waals surface area (Å²) in [6.07, 6.45) is 2.47. The fourth-order valence-corrected chi connectivity index (χ4v) is 3.32. The molecule has 1 heterocycles. The van der Waals surface area contributed by atoms with E-state index in [2.05, 4.69) is 5.32 Å². The van der Waals surface area contributed by atoms with Crippen molar-refractivity contribution in [3.8, 4) is 0 Å². The van der Waals surface area contributed by atoms with Crippen LogP contribution < -0.4 is 5.32 Å². The van der Waals surface area contributed by atoms with Crippen molar-refractivity contribution in [2.24, 2.45) is 0 Å². The van der Waals surface area contributed by atoms with Gasteiger partial charge in [-0.2, -0.15) is 0 Å². The van der Waals surface area contributed by atoms with Crippen molar-refractivity contribution < 1.29 is 27.3 Å². The van der Waals surface area contributed by atoms with E-state index >= 15 is 0 Å². The summed E-state index contributed by atoms with van der Waals surface area (Å²) in [5.41, 5.74) is 0.606. The second-order valence-corrected chi connectivity index (χ2v) is 8.49. The smallest absolute Gasteiger partial charge is 0.271 e. The highest BCUT2D eigenvalue weighted by molar-refractivity contribution is 7.90. The van der Waals surface area contributed by atoms with Crippen LogP contribution in [0.3, 0.4) is 0 Å². The number of carbonyl (C=O) groups excluding carboxylic acids is 1. The number of nitrogens with one attached hydrogen (secondary N) is 1. The molecule has 0 aliphatic heterocycles. The number of benzene rings is 2. The lowest BCUT2D eigenvalue weighted by atomic mass is 10.1. The fraction of sp³-hybridized carbons (Fsp3) is 0.150.